The summed E-state index contributed by atoms with van der Waals surface area (Å²) in [6, 6.07) is 0. The van der Waals surface area contributed by atoms with E-state index < -0.39 is 0 Å². The number of hydrogen-bond acceptors (Lipinski definition) is 1. The summed E-state index contributed by atoms with van der Waals surface area (Å²) >= 11 is 0. The molecule has 0 aliphatic heterocycles. The van der Waals surface area contributed by atoms with Crippen LogP contribution in [-0.2, 0) is 0 Å². The molecule has 1 heteroatoms. The second kappa shape index (κ2) is 4.86. The van der Waals surface area contributed by atoms with E-state index in [1.807, 2.05) is 33.0 Å². The lowest BCUT2D eigenvalue weighted by Gasteiger charge is -2.04. The minimum absolute atomic E-state index is 1.15. The van der Waals surface area contributed by atoms with Gasteiger partial charge in [-0.2, -0.15) is 0 Å². The van der Waals surface area contributed by atoms with Crippen LogP contribution in [0.4, 0.5) is 0 Å². The highest BCUT2D eigenvalue weighted by Gasteiger charge is 1.90. The van der Waals surface area contributed by atoms with Crippen LogP contribution in [0.5, 0.6) is 0 Å². The van der Waals surface area contributed by atoms with Crippen LogP contribution in [0.25, 0.3) is 0 Å². The van der Waals surface area contributed by atoms with Gasteiger partial charge in [0.05, 0.1) is 0 Å². The summed E-state index contributed by atoms with van der Waals surface area (Å²) in [6.07, 6.45) is 5.80. The van der Waals surface area contributed by atoms with Gasteiger partial charge in [-0.1, -0.05) is 24.8 Å². The first-order valence-corrected chi connectivity index (χ1v) is 3.40. The zero-order valence-corrected chi connectivity index (χ0v) is 6.94. The van der Waals surface area contributed by atoms with Crippen LogP contribution >= 0.6 is 0 Å². The van der Waals surface area contributed by atoms with Crippen LogP contribution in [0.2, 0.25) is 0 Å². The number of allylic oxidation sites excluding steroid dienone is 4. The first-order valence-electron chi connectivity index (χ1n) is 3.40. The van der Waals surface area contributed by atoms with Crippen molar-refractivity contribution in [1.29, 1.82) is 0 Å². The van der Waals surface area contributed by atoms with Crippen molar-refractivity contribution in [2.24, 2.45) is 0 Å². The molecule has 0 aromatic rings. The molecule has 0 bridgehead atoms. The van der Waals surface area contributed by atoms with Crippen molar-refractivity contribution in [3.63, 3.8) is 0 Å². The van der Waals surface area contributed by atoms with Crippen LogP contribution in [0.3, 0.4) is 0 Å². The zero-order valence-electron chi connectivity index (χ0n) is 6.94. The van der Waals surface area contributed by atoms with Gasteiger partial charge in [0.25, 0.3) is 0 Å². The molecule has 0 fully saturated rings. The van der Waals surface area contributed by atoms with Crippen LogP contribution in [0.15, 0.2) is 36.1 Å². The first kappa shape index (κ1) is 9.02. The SMILES string of the molecule is C=C/C=C(C)\C(=C/C)NC. The van der Waals surface area contributed by atoms with Gasteiger partial charge < -0.3 is 5.32 Å². The molecule has 56 valence electrons. The predicted octanol–water partition coefficient (Wildman–Crippen LogP) is 2.24. The predicted molar refractivity (Wildman–Crippen MR) is 46.8 cm³/mol. The van der Waals surface area contributed by atoms with Crippen molar-refractivity contribution in [3.8, 4) is 0 Å². The first-order chi connectivity index (χ1) is 4.76. The third-order valence-electron chi connectivity index (χ3n) is 1.35. The van der Waals surface area contributed by atoms with Gasteiger partial charge in [-0.3, -0.25) is 0 Å². The summed E-state index contributed by atoms with van der Waals surface area (Å²) in [7, 11) is 1.91. The Bertz CT molecular complexity index is 164. The van der Waals surface area contributed by atoms with E-state index in [9.17, 15) is 0 Å². The van der Waals surface area contributed by atoms with E-state index in [2.05, 4.69) is 11.9 Å². The summed E-state index contributed by atoms with van der Waals surface area (Å²) in [5.74, 6) is 0. The molecule has 0 atom stereocenters. The Balaban J connectivity index is 4.30. The van der Waals surface area contributed by atoms with Gasteiger partial charge in [0.1, 0.15) is 0 Å². The Labute approximate surface area is 63.1 Å². The average molecular weight is 137 g/mol. The summed E-state index contributed by atoms with van der Waals surface area (Å²) in [6.45, 7) is 7.68. The van der Waals surface area contributed by atoms with E-state index >= 15 is 0 Å². The Hall–Kier alpha value is -0.980. The highest BCUT2D eigenvalue weighted by atomic mass is 14.8. The maximum absolute atomic E-state index is 3.62. The summed E-state index contributed by atoms with van der Waals surface area (Å²) in [4.78, 5) is 0. The van der Waals surface area contributed by atoms with Crippen molar-refractivity contribution >= 4 is 0 Å². The maximum Gasteiger partial charge on any atom is 0.0323 e. The van der Waals surface area contributed by atoms with Gasteiger partial charge >= 0.3 is 0 Å². The molecule has 1 nitrogen and oxygen atoms in total. The van der Waals surface area contributed by atoms with E-state index in [0.717, 1.165) is 5.70 Å². The second-order valence-electron chi connectivity index (χ2n) is 2.04. The minimum Gasteiger partial charge on any atom is -0.388 e. The number of nitrogens with one attached hydrogen (secondary N) is 1. The molecule has 0 rings (SSSR count). The van der Waals surface area contributed by atoms with Gasteiger partial charge in [-0.25, -0.2) is 0 Å². The highest BCUT2D eigenvalue weighted by Crippen LogP contribution is 2.03. The molecular weight excluding hydrogens is 122 g/mol. The monoisotopic (exact) mass is 137 g/mol. The molecule has 0 amide bonds. The Morgan fingerprint density at radius 1 is 1.50 bits per heavy atom. The van der Waals surface area contributed by atoms with Crippen molar-refractivity contribution in [2.75, 3.05) is 7.05 Å². The smallest absolute Gasteiger partial charge is 0.0323 e. The van der Waals surface area contributed by atoms with Crippen molar-refractivity contribution in [3.05, 3.63) is 36.1 Å². The van der Waals surface area contributed by atoms with Gasteiger partial charge in [0.15, 0.2) is 0 Å². The fraction of sp³-hybridized carbons (Fsp3) is 0.333. The molecule has 0 saturated heterocycles. The van der Waals surface area contributed by atoms with E-state index in [0.29, 0.717) is 0 Å². The molecule has 0 heterocycles. The Morgan fingerprint density at radius 2 is 2.10 bits per heavy atom. The van der Waals surface area contributed by atoms with E-state index in [-0.39, 0.29) is 0 Å². The van der Waals surface area contributed by atoms with E-state index in [1.54, 1.807) is 6.08 Å². The van der Waals surface area contributed by atoms with Gasteiger partial charge in [-0.05, 0) is 19.4 Å². The fourth-order valence-corrected chi connectivity index (χ4v) is 0.836. The quantitative estimate of drug-likeness (QED) is 0.588. The van der Waals surface area contributed by atoms with Crippen LogP contribution < -0.4 is 5.32 Å². The van der Waals surface area contributed by atoms with Crippen molar-refractivity contribution in [1.82, 2.24) is 5.32 Å². The molecule has 0 aromatic carbocycles. The number of hydrogen-bond donors (Lipinski definition) is 1. The summed E-state index contributed by atoms with van der Waals surface area (Å²) in [5, 5.41) is 3.08. The molecule has 0 unspecified atom stereocenters. The summed E-state index contributed by atoms with van der Waals surface area (Å²) in [5.41, 5.74) is 2.36. The largest absolute Gasteiger partial charge is 0.388 e. The maximum atomic E-state index is 3.62. The molecule has 0 aliphatic rings. The second-order valence-corrected chi connectivity index (χ2v) is 2.04. The Morgan fingerprint density at radius 3 is 2.40 bits per heavy atom. The normalized spacial score (nSPS) is 13.1. The van der Waals surface area contributed by atoms with E-state index in [1.165, 1.54) is 5.57 Å². The molecule has 10 heavy (non-hydrogen) atoms. The van der Waals surface area contributed by atoms with E-state index in [4.69, 9.17) is 0 Å². The molecule has 0 saturated carbocycles. The number of likely N-dealkylation sites (N-methyl/N-ethyl adjacent to an activating group) is 1. The minimum atomic E-state index is 1.15. The fourth-order valence-electron chi connectivity index (χ4n) is 0.836. The molecule has 1 N–H and O–H groups in total. The van der Waals surface area contributed by atoms with Gasteiger partial charge in [0.2, 0.25) is 0 Å². The third kappa shape index (κ3) is 2.53. The summed E-state index contributed by atoms with van der Waals surface area (Å²) < 4.78 is 0. The lowest BCUT2D eigenvalue weighted by molar-refractivity contribution is 0.993. The van der Waals surface area contributed by atoms with Gasteiger partial charge in [-0.15, -0.1) is 0 Å². The average Bonchev–Trinajstić information content (AvgIpc) is 1.91. The molecular formula is C9H15N. The van der Waals surface area contributed by atoms with Crippen molar-refractivity contribution in [2.45, 2.75) is 13.8 Å². The van der Waals surface area contributed by atoms with Crippen LogP contribution in [0, 0.1) is 0 Å². The lowest BCUT2D eigenvalue weighted by atomic mass is 10.2. The highest BCUT2D eigenvalue weighted by molar-refractivity contribution is 5.29. The third-order valence-corrected chi connectivity index (χ3v) is 1.35. The standard InChI is InChI=1S/C9H15N/c1-5-7-8(3)9(6-2)10-4/h5-7,10H,1H2,2-4H3/b8-7-,9-6+. The molecule has 0 aliphatic carbocycles. The lowest BCUT2D eigenvalue weighted by Crippen LogP contribution is -2.05. The molecule has 0 spiro atoms. The molecule has 0 aromatic heterocycles. The Kier molecular flexibility index (Phi) is 4.38. The topological polar surface area (TPSA) is 12.0 Å². The van der Waals surface area contributed by atoms with Crippen LogP contribution in [-0.4, -0.2) is 7.05 Å². The molecule has 0 radical (unpaired) electrons. The number of rotatable bonds is 3. The van der Waals surface area contributed by atoms with Crippen LogP contribution in [0.1, 0.15) is 13.8 Å². The van der Waals surface area contributed by atoms with Crippen molar-refractivity contribution < 1.29 is 0 Å². The van der Waals surface area contributed by atoms with Gasteiger partial charge in [0, 0.05) is 12.7 Å². The zero-order chi connectivity index (χ0) is 7.98.